The second-order valence-corrected chi connectivity index (χ2v) is 11.8. The number of ether oxygens (including phenoxy) is 1. The molecule has 4 nitrogen and oxygen atoms in total. The van der Waals surface area contributed by atoms with Crippen molar-refractivity contribution >= 4 is 13.3 Å². The molecule has 0 bridgehead atoms. The van der Waals surface area contributed by atoms with E-state index in [1.807, 2.05) is 0 Å². The zero-order chi connectivity index (χ0) is 14.9. The smallest absolute Gasteiger partial charge is 0.232 e. The quantitative estimate of drug-likeness (QED) is 0.815. The Morgan fingerprint density at radius 3 is 2.57 bits per heavy atom. The molecule has 0 N–H and O–H groups in total. The third kappa shape index (κ3) is 3.41. The SMILES string of the molecule is C[Si](C)(C)c1ccc(Cc2noc([C@H]3CCOC3)n2)cc1. The van der Waals surface area contributed by atoms with Crippen molar-refractivity contribution in [2.24, 2.45) is 0 Å². The molecule has 0 spiro atoms. The summed E-state index contributed by atoms with van der Waals surface area (Å²) in [7, 11) is -1.23. The minimum Gasteiger partial charge on any atom is -0.381 e. The van der Waals surface area contributed by atoms with Crippen molar-refractivity contribution in [3.8, 4) is 0 Å². The summed E-state index contributed by atoms with van der Waals surface area (Å²) in [6, 6.07) is 8.85. The fraction of sp³-hybridized carbons (Fsp3) is 0.500. The van der Waals surface area contributed by atoms with Gasteiger partial charge in [-0.3, -0.25) is 0 Å². The zero-order valence-electron chi connectivity index (χ0n) is 12.9. The maximum absolute atomic E-state index is 5.36. The van der Waals surface area contributed by atoms with E-state index in [9.17, 15) is 0 Å². The summed E-state index contributed by atoms with van der Waals surface area (Å²) < 4.78 is 10.7. The van der Waals surface area contributed by atoms with Crippen LogP contribution in [0.25, 0.3) is 0 Å². The van der Waals surface area contributed by atoms with E-state index in [2.05, 4.69) is 54.0 Å². The van der Waals surface area contributed by atoms with Crippen LogP contribution in [-0.2, 0) is 11.2 Å². The molecule has 112 valence electrons. The highest BCUT2D eigenvalue weighted by Gasteiger charge is 2.23. The van der Waals surface area contributed by atoms with E-state index in [1.54, 1.807) is 0 Å². The fourth-order valence-electron chi connectivity index (χ4n) is 2.54. The number of hydrogen-bond acceptors (Lipinski definition) is 4. The van der Waals surface area contributed by atoms with Crippen LogP contribution in [-0.4, -0.2) is 31.4 Å². The number of benzene rings is 1. The van der Waals surface area contributed by atoms with Gasteiger partial charge in [0.1, 0.15) is 0 Å². The summed E-state index contributed by atoms with van der Waals surface area (Å²) in [5.74, 6) is 1.76. The van der Waals surface area contributed by atoms with Crippen LogP contribution in [0.15, 0.2) is 28.8 Å². The Morgan fingerprint density at radius 1 is 1.19 bits per heavy atom. The van der Waals surface area contributed by atoms with Gasteiger partial charge >= 0.3 is 0 Å². The molecule has 1 aliphatic heterocycles. The molecular weight excluding hydrogens is 280 g/mol. The topological polar surface area (TPSA) is 48.2 Å². The van der Waals surface area contributed by atoms with Gasteiger partial charge in [-0.05, 0) is 12.0 Å². The first-order chi connectivity index (χ1) is 10.0. The first-order valence-electron chi connectivity index (χ1n) is 7.52. The number of aromatic nitrogens is 2. The molecule has 0 unspecified atom stereocenters. The van der Waals surface area contributed by atoms with Crippen LogP contribution in [0, 0.1) is 0 Å². The van der Waals surface area contributed by atoms with Crippen LogP contribution in [0.1, 0.15) is 29.6 Å². The van der Waals surface area contributed by atoms with Crippen molar-refractivity contribution < 1.29 is 9.26 Å². The molecule has 1 aromatic carbocycles. The van der Waals surface area contributed by atoms with Gasteiger partial charge in [-0.15, -0.1) is 0 Å². The van der Waals surface area contributed by atoms with Gasteiger partial charge in [0.05, 0.1) is 20.6 Å². The van der Waals surface area contributed by atoms with Crippen molar-refractivity contribution in [2.45, 2.75) is 38.4 Å². The summed E-state index contributed by atoms with van der Waals surface area (Å²) >= 11 is 0. The molecule has 1 aliphatic rings. The maximum Gasteiger partial charge on any atom is 0.232 e. The van der Waals surface area contributed by atoms with Crippen LogP contribution in [0.2, 0.25) is 19.6 Å². The average Bonchev–Trinajstić information content (AvgIpc) is 3.08. The van der Waals surface area contributed by atoms with E-state index in [0.29, 0.717) is 6.61 Å². The zero-order valence-corrected chi connectivity index (χ0v) is 13.9. The first kappa shape index (κ1) is 14.5. The van der Waals surface area contributed by atoms with Crippen molar-refractivity contribution in [1.29, 1.82) is 0 Å². The van der Waals surface area contributed by atoms with Crippen LogP contribution in [0.3, 0.4) is 0 Å². The molecule has 0 aliphatic carbocycles. The van der Waals surface area contributed by atoms with Crippen molar-refractivity contribution in [2.75, 3.05) is 13.2 Å². The molecule has 2 aromatic rings. The van der Waals surface area contributed by atoms with Gasteiger partial charge in [0, 0.05) is 13.0 Å². The van der Waals surface area contributed by atoms with Crippen molar-refractivity contribution in [3.63, 3.8) is 0 Å². The molecule has 0 amide bonds. The lowest BCUT2D eigenvalue weighted by molar-refractivity contribution is 0.189. The minimum absolute atomic E-state index is 0.278. The van der Waals surface area contributed by atoms with E-state index < -0.39 is 8.07 Å². The lowest BCUT2D eigenvalue weighted by atomic mass is 10.1. The van der Waals surface area contributed by atoms with Crippen LogP contribution in [0.4, 0.5) is 0 Å². The molecular formula is C16H22N2O2Si. The van der Waals surface area contributed by atoms with E-state index in [-0.39, 0.29) is 5.92 Å². The van der Waals surface area contributed by atoms with Crippen molar-refractivity contribution in [3.05, 3.63) is 41.5 Å². The van der Waals surface area contributed by atoms with Gasteiger partial charge in [0.25, 0.3) is 0 Å². The predicted octanol–water partition coefficient (Wildman–Crippen LogP) is 2.71. The molecule has 3 rings (SSSR count). The van der Waals surface area contributed by atoms with Gasteiger partial charge in [0.15, 0.2) is 5.82 Å². The number of nitrogens with zero attached hydrogens (tertiary/aromatic N) is 2. The third-order valence-corrected chi connectivity index (χ3v) is 6.01. The Bertz CT molecular complexity index is 595. The minimum atomic E-state index is -1.23. The monoisotopic (exact) mass is 302 g/mol. The van der Waals surface area contributed by atoms with E-state index >= 15 is 0 Å². The first-order valence-corrected chi connectivity index (χ1v) is 11.0. The summed E-state index contributed by atoms with van der Waals surface area (Å²) in [5.41, 5.74) is 1.23. The molecule has 2 heterocycles. The van der Waals surface area contributed by atoms with Gasteiger partial charge in [0.2, 0.25) is 5.89 Å². The molecule has 1 fully saturated rings. The summed E-state index contributed by atoms with van der Waals surface area (Å²) in [6.07, 6.45) is 1.70. The van der Waals surface area contributed by atoms with Crippen LogP contribution >= 0.6 is 0 Å². The summed E-state index contributed by atoms with van der Waals surface area (Å²) in [5, 5.41) is 5.57. The number of rotatable bonds is 4. The van der Waals surface area contributed by atoms with Crippen molar-refractivity contribution in [1.82, 2.24) is 10.1 Å². The Balaban J connectivity index is 1.69. The standard InChI is InChI=1S/C16H22N2O2Si/c1-21(2,3)14-6-4-12(5-7-14)10-15-17-16(20-18-15)13-8-9-19-11-13/h4-7,13H,8-11H2,1-3H3/t13-/m0/s1. The Morgan fingerprint density at radius 2 is 1.95 bits per heavy atom. The van der Waals surface area contributed by atoms with E-state index in [1.165, 1.54) is 10.8 Å². The molecule has 1 atom stereocenters. The van der Waals surface area contributed by atoms with Crippen LogP contribution in [0.5, 0.6) is 0 Å². The Hall–Kier alpha value is -1.46. The summed E-state index contributed by atoms with van der Waals surface area (Å²) in [4.78, 5) is 4.51. The van der Waals surface area contributed by atoms with Gasteiger partial charge in [-0.1, -0.05) is 54.2 Å². The lowest BCUT2D eigenvalue weighted by Gasteiger charge is -2.16. The van der Waals surface area contributed by atoms with Crippen LogP contribution < -0.4 is 5.19 Å². The molecule has 0 radical (unpaired) electrons. The molecule has 5 heteroatoms. The molecule has 0 saturated carbocycles. The van der Waals surface area contributed by atoms with Gasteiger partial charge < -0.3 is 9.26 Å². The fourth-order valence-corrected chi connectivity index (χ4v) is 3.71. The maximum atomic E-state index is 5.36. The highest BCUT2D eigenvalue weighted by Crippen LogP contribution is 2.23. The molecule has 1 saturated heterocycles. The second kappa shape index (κ2) is 5.73. The Kier molecular flexibility index (Phi) is 3.95. The highest BCUT2D eigenvalue weighted by atomic mass is 28.3. The molecule has 1 aromatic heterocycles. The predicted molar refractivity (Wildman–Crippen MR) is 84.7 cm³/mol. The molecule has 21 heavy (non-hydrogen) atoms. The lowest BCUT2D eigenvalue weighted by Crippen LogP contribution is -2.37. The largest absolute Gasteiger partial charge is 0.381 e. The van der Waals surface area contributed by atoms with E-state index in [0.717, 1.165) is 31.2 Å². The normalized spacial score (nSPS) is 19.1. The van der Waals surface area contributed by atoms with E-state index in [4.69, 9.17) is 9.26 Å². The third-order valence-electron chi connectivity index (χ3n) is 3.94. The average molecular weight is 302 g/mol. The number of hydrogen-bond donors (Lipinski definition) is 0. The highest BCUT2D eigenvalue weighted by molar-refractivity contribution is 6.88. The Labute approximate surface area is 126 Å². The summed E-state index contributed by atoms with van der Waals surface area (Å²) in [6.45, 7) is 8.57. The van der Waals surface area contributed by atoms with Gasteiger partial charge in [-0.25, -0.2) is 0 Å². The van der Waals surface area contributed by atoms with Gasteiger partial charge in [-0.2, -0.15) is 4.98 Å². The second-order valence-electron chi connectivity index (χ2n) is 6.73.